The molecule has 0 radical (unpaired) electrons. The van der Waals surface area contributed by atoms with Crippen molar-refractivity contribution in [2.45, 2.75) is 51.4 Å². The maximum absolute atomic E-state index is 11.6. The largest absolute Gasteiger partial charge is 0.412 e. The lowest BCUT2D eigenvalue weighted by molar-refractivity contribution is -0.384. The Labute approximate surface area is 154 Å². The van der Waals surface area contributed by atoms with Crippen molar-refractivity contribution in [3.63, 3.8) is 0 Å². The second-order valence-electron chi connectivity index (χ2n) is 8.54. The van der Waals surface area contributed by atoms with Crippen LogP contribution < -0.4 is 4.90 Å². The van der Waals surface area contributed by atoms with Crippen LogP contribution in [0.5, 0.6) is 0 Å². The van der Waals surface area contributed by atoms with Crippen molar-refractivity contribution in [3.8, 4) is 0 Å². The topological polar surface area (TPSA) is 86.3 Å². The summed E-state index contributed by atoms with van der Waals surface area (Å²) >= 11 is 0. The Morgan fingerprint density at radius 3 is 2.69 bits per heavy atom. The quantitative estimate of drug-likeness (QED) is 0.461. The molecule has 0 bridgehead atoms. The van der Waals surface area contributed by atoms with Gasteiger partial charge in [-0.2, -0.15) is 5.10 Å². The number of pyridine rings is 1. The number of hydrogen-bond acceptors (Lipinski definition) is 6. The smallest absolute Gasteiger partial charge is 0.312 e. The molecule has 1 fully saturated rings. The van der Waals surface area contributed by atoms with E-state index in [2.05, 4.69) is 43.9 Å². The van der Waals surface area contributed by atoms with Gasteiger partial charge in [0.1, 0.15) is 0 Å². The molecule has 1 atom stereocenters. The molecule has 0 aliphatic carbocycles. The summed E-state index contributed by atoms with van der Waals surface area (Å²) in [5.74, 6) is 0.391. The number of rotatable bonds is 4. The number of anilines is 1. The van der Waals surface area contributed by atoms with Crippen LogP contribution in [0.1, 0.15) is 27.2 Å². The molecule has 0 amide bonds. The van der Waals surface area contributed by atoms with Crippen LogP contribution in [0.25, 0.3) is 11.0 Å². The molecule has 8 nitrogen and oxygen atoms in total. The molecule has 0 spiro atoms. The van der Waals surface area contributed by atoms with E-state index in [1.54, 1.807) is 24.0 Å². The monoisotopic (exact) mass is 377 g/mol. The Bertz CT molecular complexity index is 843. The summed E-state index contributed by atoms with van der Waals surface area (Å²) < 4.78 is 8.11. The number of hydrogen-bond donors (Lipinski definition) is 0. The van der Waals surface area contributed by atoms with E-state index in [0.29, 0.717) is 29.9 Å². The Balaban J connectivity index is 1.86. The van der Waals surface area contributed by atoms with Crippen LogP contribution in [0.15, 0.2) is 12.3 Å². The summed E-state index contributed by atoms with van der Waals surface area (Å²) in [5.41, 5.74) is 0.556. The van der Waals surface area contributed by atoms with Gasteiger partial charge in [0, 0.05) is 37.8 Å². The second-order valence-corrected chi connectivity index (χ2v) is 13.3. The van der Waals surface area contributed by atoms with Gasteiger partial charge in [-0.05, 0) is 24.6 Å². The average Bonchev–Trinajstić information content (AvgIpc) is 3.08. The van der Waals surface area contributed by atoms with Crippen LogP contribution in [0.3, 0.4) is 0 Å². The van der Waals surface area contributed by atoms with Crippen LogP contribution in [-0.4, -0.2) is 47.2 Å². The van der Waals surface area contributed by atoms with Gasteiger partial charge in [-0.1, -0.05) is 20.8 Å². The van der Waals surface area contributed by atoms with Crippen LogP contribution in [0.4, 0.5) is 11.5 Å². The van der Waals surface area contributed by atoms with Crippen LogP contribution >= 0.6 is 0 Å². The fraction of sp³-hybridized carbons (Fsp3) is 0.647. The molecule has 2 aromatic heterocycles. The van der Waals surface area contributed by atoms with Crippen molar-refractivity contribution in [1.29, 1.82) is 0 Å². The van der Waals surface area contributed by atoms with E-state index in [1.165, 1.54) is 0 Å². The number of fused-ring (bicyclic) bond motifs is 1. The first-order valence-corrected chi connectivity index (χ1v) is 11.8. The molecule has 3 heterocycles. The van der Waals surface area contributed by atoms with Crippen LogP contribution in [0.2, 0.25) is 18.1 Å². The Hall–Kier alpha value is -2.00. The fourth-order valence-corrected chi connectivity index (χ4v) is 4.41. The highest BCUT2D eigenvalue weighted by Crippen LogP contribution is 2.39. The first-order chi connectivity index (χ1) is 12.0. The summed E-state index contributed by atoms with van der Waals surface area (Å²) in [6.07, 6.45) is 2.68. The predicted octanol–water partition coefficient (Wildman–Crippen LogP) is 3.48. The molecular formula is C17H27N5O3Si. The lowest BCUT2D eigenvalue weighted by Crippen LogP contribution is -2.44. The third kappa shape index (κ3) is 3.45. The summed E-state index contributed by atoms with van der Waals surface area (Å²) in [6, 6.07) is 1.56. The maximum atomic E-state index is 11.6. The Morgan fingerprint density at radius 1 is 1.38 bits per heavy atom. The Morgan fingerprint density at radius 2 is 2.08 bits per heavy atom. The van der Waals surface area contributed by atoms with E-state index >= 15 is 0 Å². The fourth-order valence-electron chi connectivity index (χ4n) is 3.03. The van der Waals surface area contributed by atoms with E-state index < -0.39 is 8.32 Å². The van der Waals surface area contributed by atoms with Crippen LogP contribution in [0, 0.1) is 10.1 Å². The lowest BCUT2D eigenvalue weighted by Gasteiger charge is -2.38. The van der Waals surface area contributed by atoms with Gasteiger partial charge in [0.25, 0.3) is 0 Å². The van der Waals surface area contributed by atoms with Gasteiger partial charge in [-0.15, -0.1) is 0 Å². The van der Waals surface area contributed by atoms with Gasteiger partial charge < -0.3 is 9.33 Å². The third-order valence-corrected chi connectivity index (χ3v) is 10.0. The van der Waals surface area contributed by atoms with Crippen molar-refractivity contribution in [3.05, 3.63) is 22.4 Å². The number of aryl methyl sites for hydroxylation is 1. The van der Waals surface area contributed by atoms with Gasteiger partial charge in [-0.3, -0.25) is 14.8 Å². The number of nitrogens with zero attached hydrogens (tertiary/aromatic N) is 5. The number of nitro groups is 1. The van der Waals surface area contributed by atoms with Gasteiger partial charge in [0.15, 0.2) is 14.0 Å². The molecule has 2 aromatic rings. The summed E-state index contributed by atoms with van der Waals surface area (Å²) in [5, 5.41) is 16.7. The molecule has 142 valence electrons. The molecule has 0 aromatic carbocycles. The maximum Gasteiger partial charge on any atom is 0.312 e. The van der Waals surface area contributed by atoms with Gasteiger partial charge in [-0.25, -0.2) is 4.98 Å². The summed E-state index contributed by atoms with van der Waals surface area (Å²) in [4.78, 5) is 17.6. The van der Waals surface area contributed by atoms with Gasteiger partial charge in [0.05, 0.1) is 11.0 Å². The van der Waals surface area contributed by atoms with Crippen molar-refractivity contribution in [2.75, 3.05) is 18.0 Å². The molecule has 3 rings (SSSR count). The van der Waals surface area contributed by atoms with Gasteiger partial charge >= 0.3 is 5.69 Å². The molecule has 1 saturated heterocycles. The molecule has 26 heavy (non-hydrogen) atoms. The molecule has 1 aliphatic rings. The first-order valence-electron chi connectivity index (χ1n) is 8.89. The van der Waals surface area contributed by atoms with Crippen molar-refractivity contribution < 1.29 is 9.35 Å². The zero-order valence-electron chi connectivity index (χ0n) is 16.3. The third-order valence-electron chi connectivity index (χ3n) is 5.48. The predicted molar refractivity (Wildman–Crippen MR) is 104 cm³/mol. The standard InChI is InChI=1S/C17H27N5O3Si/c1-17(2,3)26(5,6)25-13-7-8-21(11-13)16-14(22(23)24)9-12-10-20(4)19-15(12)18-16/h9-10,13H,7-8,11H2,1-6H3. The highest BCUT2D eigenvalue weighted by atomic mass is 28.4. The zero-order valence-corrected chi connectivity index (χ0v) is 17.3. The molecule has 0 saturated carbocycles. The van der Waals surface area contributed by atoms with E-state index in [0.717, 1.165) is 6.42 Å². The molecule has 1 unspecified atom stereocenters. The van der Waals surface area contributed by atoms with Crippen molar-refractivity contribution >= 4 is 30.9 Å². The highest BCUT2D eigenvalue weighted by Gasteiger charge is 2.41. The highest BCUT2D eigenvalue weighted by molar-refractivity contribution is 6.74. The minimum atomic E-state index is -1.87. The van der Waals surface area contributed by atoms with Crippen LogP contribution in [-0.2, 0) is 11.5 Å². The second kappa shape index (κ2) is 6.31. The van der Waals surface area contributed by atoms with Crippen molar-refractivity contribution in [2.24, 2.45) is 7.05 Å². The molecule has 0 N–H and O–H groups in total. The minimum absolute atomic E-state index is 0.0264. The Kier molecular flexibility index (Phi) is 4.56. The lowest BCUT2D eigenvalue weighted by atomic mass is 10.2. The summed E-state index contributed by atoms with van der Waals surface area (Å²) in [6.45, 7) is 12.4. The zero-order chi connectivity index (χ0) is 19.3. The van der Waals surface area contributed by atoms with Crippen molar-refractivity contribution in [1.82, 2.24) is 14.8 Å². The summed E-state index contributed by atoms with van der Waals surface area (Å²) in [7, 11) is -0.0890. The van der Waals surface area contributed by atoms with E-state index in [1.807, 2.05) is 4.90 Å². The van der Waals surface area contributed by atoms with E-state index in [4.69, 9.17) is 4.43 Å². The molecular weight excluding hydrogens is 350 g/mol. The van der Waals surface area contributed by atoms with E-state index in [-0.39, 0.29) is 21.8 Å². The molecule has 1 aliphatic heterocycles. The average molecular weight is 378 g/mol. The molecule has 9 heteroatoms. The normalized spacial score (nSPS) is 18.7. The van der Waals surface area contributed by atoms with Gasteiger partial charge in [0.2, 0.25) is 5.82 Å². The number of aromatic nitrogens is 3. The SMILES string of the molecule is Cn1cc2cc([N+](=O)[O-])c(N3CCC(O[Si](C)(C)C(C)(C)C)C3)nc2n1. The first kappa shape index (κ1) is 18.8. The van der Waals surface area contributed by atoms with E-state index in [9.17, 15) is 10.1 Å². The minimum Gasteiger partial charge on any atom is -0.412 e.